The molecule has 0 saturated carbocycles. The Morgan fingerprint density at radius 1 is 1.40 bits per heavy atom. The van der Waals surface area contributed by atoms with Crippen LogP contribution in [-0.4, -0.2) is 35.7 Å². The van der Waals surface area contributed by atoms with Gasteiger partial charge in [-0.25, -0.2) is 0 Å². The third-order valence-electron chi connectivity index (χ3n) is 1.73. The van der Waals surface area contributed by atoms with Crippen molar-refractivity contribution in [2.45, 2.75) is 45.8 Å². The lowest BCUT2D eigenvalue weighted by atomic mass is 10.1. The fourth-order valence-corrected chi connectivity index (χ4v) is 1.13. The first-order chi connectivity index (χ1) is 6.97. The molecule has 0 aromatic carbocycles. The topological polar surface area (TPSA) is 75.6 Å². The van der Waals surface area contributed by atoms with Crippen LogP contribution < -0.4 is 5.32 Å². The van der Waals surface area contributed by atoms with Gasteiger partial charge in [-0.15, -0.1) is 0 Å². The summed E-state index contributed by atoms with van der Waals surface area (Å²) in [6.45, 7) is 5.99. The first-order valence-electron chi connectivity index (χ1n) is 5.13. The molecule has 0 aliphatic heterocycles. The van der Waals surface area contributed by atoms with Crippen LogP contribution in [-0.2, 0) is 14.3 Å². The number of carbonyl (C=O) groups is 2. The van der Waals surface area contributed by atoms with Gasteiger partial charge in [-0.2, -0.15) is 0 Å². The standard InChI is InChI=1S/C10H19NO4/c1-4-11-8(5-6-9(12)13)10(14)15-7(2)3/h7-8,11H,4-6H2,1-3H3,(H,12,13). The molecular formula is C10H19NO4. The average Bonchev–Trinajstić information content (AvgIpc) is 2.10. The van der Waals surface area contributed by atoms with Crippen LogP contribution in [0.1, 0.15) is 33.6 Å². The molecule has 1 atom stereocenters. The third-order valence-corrected chi connectivity index (χ3v) is 1.73. The summed E-state index contributed by atoms with van der Waals surface area (Å²) in [6.07, 6.45) is 0.0445. The van der Waals surface area contributed by atoms with Gasteiger partial charge in [-0.05, 0) is 26.8 Å². The lowest BCUT2D eigenvalue weighted by Crippen LogP contribution is -2.39. The number of ether oxygens (including phenoxy) is 1. The molecule has 15 heavy (non-hydrogen) atoms. The lowest BCUT2D eigenvalue weighted by molar-refractivity contribution is -0.150. The molecule has 0 spiro atoms. The molecule has 0 aromatic heterocycles. The summed E-state index contributed by atoms with van der Waals surface area (Å²) in [5.74, 6) is -1.29. The maximum Gasteiger partial charge on any atom is 0.323 e. The van der Waals surface area contributed by atoms with E-state index in [4.69, 9.17) is 9.84 Å². The fraction of sp³-hybridized carbons (Fsp3) is 0.800. The minimum Gasteiger partial charge on any atom is -0.481 e. The highest BCUT2D eigenvalue weighted by Crippen LogP contribution is 2.02. The van der Waals surface area contributed by atoms with Gasteiger partial charge in [0.25, 0.3) is 0 Å². The Morgan fingerprint density at radius 2 is 2.00 bits per heavy atom. The Morgan fingerprint density at radius 3 is 2.40 bits per heavy atom. The summed E-state index contributed by atoms with van der Waals surface area (Å²) >= 11 is 0. The molecule has 2 N–H and O–H groups in total. The molecule has 0 aliphatic rings. The van der Waals surface area contributed by atoms with Crippen molar-refractivity contribution in [2.24, 2.45) is 0 Å². The second-order valence-corrected chi connectivity index (χ2v) is 3.53. The van der Waals surface area contributed by atoms with Gasteiger partial charge in [0, 0.05) is 6.42 Å². The van der Waals surface area contributed by atoms with Crippen molar-refractivity contribution in [1.82, 2.24) is 5.32 Å². The zero-order valence-electron chi connectivity index (χ0n) is 9.45. The minimum atomic E-state index is -0.907. The second kappa shape index (κ2) is 7.23. The zero-order valence-corrected chi connectivity index (χ0v) is 9.45. The Bertz CT molecular complexity index is 215. The van der Waals surface area contributed by atoms with E-state index in [9.17, 15) is 9.59 Å². The van der Waals surface area contributed by atoms with E-state index in [2.05, 4.69) is 5.32 Å². The number of rotatable bonds is 7. The number of aliphatic carboxylic acids is 1. The Balaban J connectivity index is 4.11. The van der Waals surface area contributed by atoms with Crippen molar-refractivity contribution in [1.29, 1.82) is 0 Å². The van der Waals surface area contributed by atoms with Crippen molar-refractivity contribution in [3.8, 4) is 0 Å². The normalized spacial score (nSPS) is 12.5. The van der Waals surface area contributed by atoms with E-state index in [0.29, 0.717) is 6.54 Å². The molecular weight excluding hydrogens is 198 g/mol. The number of esters is 1. The Labute approximate surface area is 89.8 Å². The molecule has 0 heterocycles. The van der Waals surface area contributed by atoms with Crippen molar-refractivity contribution >= 4 is 11.9 Å². The Kier molecular flexibility index (Phi) is 6.70. The third kappa shape index (κ3) is 6.90. The van der Waals surface area contributed by atoms with Crippen LogP contribution in [0, 0.1) is 0 Å². The van der Waals surface area contributed by atoms with Crippen LogP contribution in [0.2, 0.25) is 0 Å². The number of carboxylic acids is 1. The number of carbonyl (C=O) groups excluding carboxylic acids is 1. The Hall–Kier alpha value is -1.10. The van der Waals surface area contributed by atoms with Crippen molar-refractivity contribution in [2.75, 3.05) is 6.54 Å². The van der Waals surface area contributed by atoms with Crippen LogP contribution in [0.4, 0.5) is 0 Å². The van der Waals surface area contributed by atoms with Gasteiger partial charge >= 0.3 is 11.9 Å². The molecule has 0 amide bonds. The average molecular weight is 217 g/mol. The number of nitrogens with one attached hydrogen (secondary N) is 1. The van der Waals surface area contributed by atoms with E-state index < -0.39 is 12.0 Å². The fourth-order valence-electron chi connectivity index (χ4n) is 1.13. The van der Waals surface area contributed by atoms with E-state index in [0.717, 1.165) is 0 Å². The molecule has 0 bridgehead atoms. The van der Waals surface area contributed by atoms with E-state index >= 15 is 0 Å². The van der Waals surface area contributed by atoms with E-state index in [1.165, 1.54) is 0 Å². The van der Waals surface area contributed by atoms with E-state index in [1.54, 1.807) is 13.8 Å². The summed E-state index contributed by atoms with van der Waals surface area (Å²) in [6, 6.07) is -0.520. The van der Waals surface area contributed by atoms with Crippen LogP contribution in [0.3, 0.4) is 0 Å². The summed E-state index contributed by atoms with van der Waals surface area (Å²) in [7, 11) is 0. The van der Waals surface area contributed by atoms with Gasteiger partial charge in [0.05, 0.1) is 6.10 Å². The van der Waals surface area contributed by atoms with E-state index in [-0.39, 0.29) is 24.9 Å². The molecule has 0 saturated heterocycles. The molecule has 0 radical (unpaired) electrons. The largest absolute Gasteiger partial charge is 0.481 e. The van der Waals surface area contributed by atoms with Gasteiger partial charge in [0.15, 0.2) is 0 Å². The maximum absolute atomic E-state index is 11.5. The van der Waals surface area contributed by atoms with E-state index in [1.807, 2.05) is 6.92 Å². The smallest absolute Gasteiger partial charge is 0.323 e. The van der Waals surface area contributed by atoms with Crippen LogP contribution in [0.5, 0.6) is 0 Å². The lowest BCUT2D eigenvalue weighted by Gasteiger charge is -2.17. The molecule has 0 rings (SSSR count). The molecule has 0 fully saturated rings. The van der Waals surface area contributed by atoms with Crippen molar-refractivity contribution < 1.29 is 19.4 Å². The van der Waals surface area contributed by atoms with Gasteiger partial charge in [0.1, 0.15) is 6.04 Å². The maximum atomic E-state index is 11.5. The number of hydrogen-bond donors (Lipinski definition) is 2. The molecule has 0 aliphatic carbocycles. The zero-order chi connectivity index (χ0) is 11.8. The highest BCUT2D eigenvalue weighted by Gasteiger charge is 2.20. The number of likely N-dealkylation sites (N-methyl/N-ethyl adjacent to an activating group) is 1. The quantitative estimate of drug-likeness (QED) is 0.616. The summed E-state index contributed by atoms with van der Waals surface area (Å²) < 4.78 is 5.00. The predicted octanol–water partition coefficient (Wildman–Crippen LogP) is 0.781. The predicted molar refractivity (Wildman–Crippen MR) is 55.6 cm³/mol. The van der Waals surface area contributed by atoms with Gasteiger partial charge < -0.3 is 15.2 Å². The summed E-state index contributed by atoms with van der Waals surface area (Å²) in [4.78, 5) is 21.9. The number of carboxylic acid groups (broad SMARTS) is 1. The molecule has 0 aromatic rings. The van der Waals surface area contributed by atoms with Crippen LogP contribution in [0.25, 0.3) is 0 Å². The summed E-state index contributed by atoms with van der Waals surface area (Å²) in [5.41, 5.74) is 0. The van der Waals surface area contributed by atoms with Crippen LogP contribution in [0.15, 0.2) is 0 Å². The van der Waals surface area contributed by atoms with Gasteiger partial charge in [-0.3, -0.25) is 9.59 Å². The molecule has 5 heteroatoms. The molecule has 5 nitrogen and oxygen atoms in total. The SMILES string of the molecule is CCNC(CCC(=O)O)C(=O)OC(C)C. The number of hydrogen-bond acceptors (Lipinski definition) is 4. The minimum absolute atomic E-state index is 0.0368. The molecule has 1 unspecified atom stereocenters. The molecule has 88 valence electrons. The first kappa shape index (κ1) is 13.9. The second-order valence-electron chi connectivity index (χ2n) is 3.53. The summed E-state index contributed by atoms with van der Waals surface area (Å²) in [5, 5.41) is 11.4. The van der Waals surface area contributed by atoms with Crippen LogP contribution >= 0.6 is 0 Å². The van der Waals surface area contributed by atoms with Crippen molar-refractivity contribution in [3.63, 3.8) is 0 Å². The monoisotopic (exact) mass is 217 g/mol. The van der Waals surface area contributed by atoms with Crippen molar-refractivity contribution in [3.05, 3.63) is 0 Å². The van der Waals surface area contributed by atoms with Gasteiger partial charge in [-0.1, -0.05) is 6.92 Å². The highest BCUT2D eigenvalue weighted by atomic mass is 16.5. The highest BCUT2D eigenvalue weighted by molar-refractivity contribution is 5.77. The van der Waals surface area contributed by atoms with Gasteiger partial charge in [0.2, 0.25) is 0 Å². The first-order valence-corrected chi connectivity index (χ1v) is 5.13.